The maximum atomic E-state index is 13.8. The van der Waals surface area contributed by atoms with Crippen molar-refractivity contribution in [1.82, 2.24) is 10.2 Å². The molecule has 0 saturated carbocycles. The molecule has 7 heteroatoms. The van der Waals surface area contributed by atoms with Crippen molar-refractivity contribution in [2.75, 3.05) is 39.4 Å². The summed E-state index contributed by atoms with van der Waals surface area (Å²) in [5.74, 6) is -0.579. The first-order valence-corrected chi connectivity index (χ1v) is 8.36. The Morgan fingerprint density at radius 2 is 1.79 bits per heavy atom. The van der Waals surface area contributed by atoms with E-state index >= 15 is 0 Å². The molecular formula is C17H22F4N2O. The smallest absolute Gasteiger partial charge is 0.381 e. The quantitative estimate of drug-likeness (QED) is 0.851. The van der Waals surface area contributed by atoms with Crippen molar-refractivity contribution >= 4 is 0 Å². The lowest BCUT2D eigenvalue weighted by Crippen LogP contribution is -2.48. The standard InChI is InChI=1S/C17H22F4N2O/c18-13-1-2-15(17(19,20)21)14(11-13)16(12-3-9-24-10-4-12)23-7-5-22-6-8-23/h1-2,11-12,16,22H,3-10H2/t16-/m1/s1. The van der Waals surface area contributed by atoms with Crippen LogP contribution in [-0.4, -0.2) is 44.3 Å². The van der Waals surface area contributed by atoms with Crippen LogP contribution in [-0.2, 0) is 10.9 Å². The highest BCUT2D eigenvalue weighted by Gasteiger charge is 2.40. The van der Waals surface area contributed by atoms with Crippen LogP contribution in [0.3, 0.4) is 0 Å². The molecule has 1 aromatic rings. The van der Waals surface area contributed by atoms with Gasteiger partial charge in [0.25, 0.3) is 0 Å². The number of alkyl halides is 3. The van der Waals surface area contributed by atoms with Crippen LogP contribution in [0.2, 0.25) is 0 Å². The van der Waals surface area contributed by atoms with Gasteiger partial charge < -0.3 is 10.1 Å². The first kappa shape index (κ1) is 17.6. The zero-order chi connectivity index (χ0) is 17.2. The molecule has 0 aromatic heterocycles. The second-order valence-corrected chi connectivity index (χ2v) is 6.41. The molecule has 0 unspecified atom stereocenters. The molecule has 0 bridgehead atoms. The summed E-state index contributed by atoms with van der Waals surface area (Å²) in [4.78, 5) is 2.07. The molecule has 0 radical (unpaired) electrons. The SMILES string of the molecule is Fc1ccc(C(F)(F)F)c([C@@H](C2CCOCC2)N2CCNCC2)c1. The van der Waals surface area contributed by atoms with Gasteiger partial charge in [0.15, 0.2) is 0 Å². The highest BCUT2D eigenvalue weighted by molar-refractivity contribution is 5.34. The minimum absolute atomic E-state index is 0.0414. The van der Waals surface area contributed by atoms with E-state index in [1.807, 2.05) is 0 Å². The number of halogens is 4. The summed E-state index contributed by atoms with van der Waals surface area (Å²) in [5.41, 5.74) is -0.657. The van der Waals surface area contributed by atoms with Crippen molar-refractivity contribution in [2.24, 2.45) is 5.92 Å². The Morgan fingerprint density at radius 1 is 1.12 bits per heavy atom. The van der Waals surface area contributed by atoms with Gasteiger partial charge in [0.1, 0.15) is 5.82 Å². The third-order valence-corrected chi connectivity index (χ3v) is 4.90. The zero-order valence-electron chi connectivity index (χ0n) is 13.4. The molecule has 24 heavy (non-hydrogen) atoms. The van der Waals surface area contributed by atoms with Gasteiger partial charge in [-0.05, 0) is 42.5 Å². The van der Waals surface area contributed by atoms with Crippen LogP contribution in [0.4, 0.5) is 17.6 Å². The molecule has 2 heterocycles. The van der Waals surface area contributed by atoms with Crippen molar-refractivity contribution in [1.29, 1.82) is 0 Å². The molecular weight excluding hydrogens is 324 g/mol. The van der Waals surface area contributed by atoms with Crippen LogP contribution < -0.4 is 5.32 Å². The fourth-order valence-corrected chi connectivity index (χ4v) is 3.78. The Hall–Kier alpha value is -1.18. The van der Waals surface area contributed by atoms with Crippen LogP contribution >= 0.6 is 0 Å². The third-order valence-electron chi connectivity index (χ3n) is 4.90. The first-order chi connectivity index (χ1) is 11.5. The predicted octanol–water partition coefficient (Wildman–Crippen LogP) is 3.22. The molecule has 3 nitrogen and oxygen atoms in total. The summed E-state index contributed by atoms with van der Waals surface area (Å²) in [5, 5.41) is 3.22. The molecule has 2 saturated heterocycles. The topological polar surface area (TPSA) is 24.5 Å². The van der Waals surface area contributed by atoms with E-state index in [0.717, 1.165) is 31.3 Å². The Morgan fingerprint density at radius 3 is 2.42 bits per heavy atom. The zero-order valence-corrected chi connectivity index (χ0v) is 13.4. The lowest BCUT2D eigenvalue weighted by Gasteiger charge is -2.42. The van der Waals surface area contributed by atoms with Gasteiger partial charge >= 0.3 is 6.18 Å². The predicted molar refractivity (Wildman–Crippen MR) is 82.1 cm³/mol. The average Bonchev–Trinajstić information content (AvgIpc) is 2.56. The minimum atomic E-state index is -4.49. The molecule has 1 aromatic carbocycles. The van der Waals surface area contributed by atoms with Crippen molar-refractivity contribution in [3.8, 4) is 0 Å². The van der Waals surface area contributed by atoms with E-state index in [2.05, 4.69) is 10.2 Å². The minimum Gasteiger partial charge on any atom is -0.381 e. The molecule has 2 fully saturated rings. The second kappa shape index (κ2) is 7.37. The van der Waals surface area contributed by atoms with Gasteiger partial charge in [0.05, 0.1) is 5.56 Å². The van der Waals surface area contributed by atoms with Crippen molar-refractivity contribution in [3.63, 3.8) is 0 Å². The highest BCUT2D eigenvalue weighted by atomic mass is 19.4. The largest absolute Gasteiger partial charge is 0.416 e. The van der Waals surface area contributed by atoms with E-state index in [9.17, 15) is 17.6 Å². The van der Waals surface area contributed by atoms with Crippen LogP contribution in [0.25, 0.3) is 0 Å². The number of benzene rings is 1. The summed E-state index contributed by atoms with van der Waals surface area (Å²) in [6, 6.07) is 2.42. The van der Waals surface area contributed by atoms with Gasteiger partial charge in [0, 0.05) is 45.4 Å². The van der Waals surface area contributed by atoms with Gasteiger partial charge in [-0.15, -0.1) is 0 Å². The number of nitrogens with zero attached hydrogens (tertiary/aromatic N) is 1. The molecule has 1 N–H and O–H groups in total. The summed E-state index contributed by atoms with van der Waals surface area (Å²) in [7, 11) is 0. The number of piperazine rings is 1. The molecule has 3 rings (SSSR count). The number of nitrogens with one attached hydrogen (secondary N) is 1. The van der Waals surface area contributed by atoms with Gasteiger partial charge in [0.2, 0.25) is 0 Å². The fourth-order valence-electron chi connectivity index (χ4n) is 3.78. The molecule has 1 atom stereocenters. The third kappa shape index (κ3) is 3.90. The Kier molecular flexibility index (Phi) is 5.42. The normalized spacial score (nSPS) is 22.5. The van der Waals surface area contributed by atoms with E-state index < -0.39 is 23.6 Å². The lowest BCUT2D eigenvalue weighted by molar-refractivity contribution is -0.139. The first-order valence-electron chi connectivity index (χ1n) is 8.36. The van der Waals surface area contributed by atoms with Crippen LogP contribution in [0.15, 0.2) is 18.2 Å². The van der Waals surface area contributed by atoms with E-state index in [4.69, 9.17) is 4.74 Å². The number of hydrogen-bond acceptors (Lipinski definition) is 3. The average molecular weight is 346 g/mol. The van der Waals surface area contributed by atoms with E-state index in [-0.39, 0.29) is 11.5 Å². The Bertz CT molecular complexity index is 534. The van der Waals surface area contributed by atoms with E-state index in [1.54, 1.807) is 0 Å². The van der Waals surface area contributed by atoms with Crippen LogP contribution in [0, 0.1) is 11.7 Å². The molecule has 0 aliphatic carbocycles. The lowest BCUT2D eigenvalue weighted by atomic mass is 9.83. The molecule has 2 aliphatic heterocycles. The molecule has 2 aliphatic rings. The van der Waals surface area contributed by atoms with Gasteiger partial charge in [-0.1, -0.05) is 0 Å². The maximum Gasteiger partial charge on any atom is 0.416 e. The number of hydrogen-bond donors (Lipinski definition) is 1. The van der Waals surface area contributed by atoms with Crippen LogP contribution in [0.5, 0.6) is 0 Å². The molecule has 0 amide bonds. The maximum absolute atomic E-state index is 13.8. The van der Waals surface area contributed by atoms with Gasteiger partial charge in [-0.2, -0.15) is 13.2 Å². The van der Waals surface area contributed by atoms with Gasteiger partial charge in [-0.25, -0.2) is 4.39 Å². The second-order valence-electron chi connectivity index (χ2n) is 6.41. The number of ether oxygens (including phenoxy) is 1. The summed E-state index contributed by atoms with van der Waals surface area (Å²) in [6.07, 6.45) is -3.09. The van der Waals surface area contributed by atoms with Crippen molar-refractivity contribution in [2.45, 2.75) is 25.1 Å². The Labute approximate surface area is 139 Å². The summed E-state index contributed by atoms with van der Waals surface area (Å²) in [6.45, 7) is 3.88. The molecule has 0 spiro atoms. The van der Waals surface area contributed by atoms with Crippen LogP contribution in [0.1, 0.15) is 30.0 Å². The summed E-state index contributed by atoms with van der Waals surface area (Å²) < 4.78 is 59.7. The summed E-state index contributed by atoms with van der Waals surface area (Å²) >= 11 is 0. The van der Waals surface area contributed by atoms with Crippen molar-refractivity contribution in [3.05, 3.63) is 35.1 Å². The number of rotatable bonds is 3. The molecule has 134 valence electrons. The fraction of sp³-hybridized carbons (Fsp3) is 0.647. The highest BCUT2D eigenvalue weighted by Crippen LogP contribution is 2.42. The van der Waals surface area contributed by atoms with E-state index in [1.165, 1.54) is 0 Å². The van der Waals surface area contributed by atoms with Gasteiger partial charge in [-0.3, -0.25) is 4.90 Å². The monoisotopic (exact) mass is 346 g/mol. The van der Waals surface area contributed by atoms with E-state index in [0.29, 0.717) is 39.1 Å². The van der Waals surface area contributed by atoms with Crippen molar-refractivity contribution < 1.29 is 22.3 Å². The Balaban J connectivity index is 2.02.